The van der Waals surface area contributed by atoms with E-state index in [4.69, 9.17) is 0 Å². The predicted molar refractivity (Wildman–Crippen MR) is 86.4 cm³/mol. The maximum absolute atomic E-state index is 12.7. The molecule has 0 saturated carbocycles. The third-order valence-electron chi connectivity index (χ3n) is 4.06. The number of sulfonamides is 1. The topological polar surface area (TPSA) is 74.7 Å². The maximum Gasteiger partial charge on any atom is 0.322 e. The molecule has 0 spiro atoms. The van der Waals surface area contributed by atoms with E-state index in [2.05, 4.69) is 0 Å². The van der Waals surface area contributed by atoms with E-state index in [0.717, 1.165) is 15.4 Å². The van der Waals surface area contributed by atoms with E-state index in [-0.39, 0.29) is 11.4 Å². The summed E-state index contributed by atoms with van der Waals surface area (Å²) in [6.45, 7) is 0.250. The first kappa shape index (κ1) is 15.7. The Kier molecular flexibility index (Phi) is 4.19. The Balaban J connectivity index is 1.91. The lowest BCUT2D eigenvalue weighted by molar-refractivity contribution is -0.140. The third kappa shape index (κ3) is 3.00. The summed E-state index contributed by atoms with van der Waals surface area (Å²) in [7, 11) is -3.78. The van der Waals surface area contributed by atoms with Gasteiger partial charge in [-0.1, -0.05) is 42.5 Å². The Morgan fingerprint density at radius 2 is 1.61 bits per heavy atom. The van der Waals surface area contributed by atoms with Crippen LogP contribution in [-0.4, -0.2) is 36.4 Å². The van der Waals surface area contributed by atoms with Crippen LogP contribution in [0.4, 0.5) is 0 Å². The third-order valence-corrected chi connectivity index (χ3v) is 5.98. The van der Waals surface area contributed by atoms with Crippen LogP contribution in [0.25, 0.3) is 11.1 Å². The summed E-state index contributed by atoms with van der Waals surface area (Å²) in [6, 6.07) is 15.3. The Labute approximate surface area is 135 Å². The second-order valence-electron chi connectivity index (χ2n) is 5.50. The van der Waals surface area contributed by atoms with E-state index in [0.29, 0.717) is 12.8 Å². The molecular weight excluding hydrogens is 314 g/mol. The zero-order valence-corrected chi connectivity index (χ0v) is 13.2. The van der Waals surface area contributed by atoms with Gasteiger partial charge in [-0.2, -0.15) is 4.31 Å². The van der Waals surface area contributed by atoms with E-state index in [1.807, 2.05) is 30.3 Å². The largest absolute Gasteiger partial charge is 0.480 e. The van der Waals surface area contributed by atoms with Crippen molar-refractivity contribution in [2.45, 2.75) is 23.8 Å². The number of hydrogen-bond donors (Lipinski definition) is 1. The van der Waals surface area contributed by atoms with Crippen molar-refractivity contribution < 1.29 is 18.3 Å². The lowest BCUT2D eigenvalue weighted by atomic mass is 10.1. The van der Waals surface area contributed by atoms with Crippen LogP contribution in [0.5, 0.6) is 0 Å². The molecule has 120 valence electrons. The molecular formula is C17H17NO4S. The number of aliphatic carboxylic acids is 1. The van der Waals surface area contributed by atoms with E-state index in [1.165, 1.54) is 12.1 Å². The number of benzene rings is 2. The van der Waals surface area contributed by atoms with Crippen molar-refractivity contribution in [1.82, 2.24) is 4.31 Å². The van der Waals surface area contributed by atoms with Crippen LogP contribution in [0.15, 0.2) is 59.5 Å². The molecule has 5 nitrogen and oxygen atoms in total. The standard InChI is InChI=1S/C17H17NO4S/c19-17(20)16-7-4-12-18(16)23(21,22)15-10-8-14(9-11-15)13-5-2-1-3-6-13/h1-3,5-6,8-11,16H,4,7,12H2,(H,19,20)/t16-/m1/s1. The van der Waals surface area contributed by atoms with Crippen molar-refractivity contribution in [2.75, 3.05) is 6.54 Å². The van der Waals surface area contributed by atoms with Crippen LogP contribution in [-0.2, 0) is 14.8 Å². The summed E-state index contributed by atoms with van der Waals surface area (Å²) < 4.78 is 26.4. The first-order valence-electron chi connectivity index (χ1n) is 7.40. The maximum atomic E-state index is 12.7. The first-order valence-corrected chi connectivity index (χ1v) is 8.84. The van der Waals surface area contributed by atoms with Gasteiger partial charge in [0.25, 0.3) is 0 Å². The van der Waals surface area contributed by atoms with E-state index < -0.39 is 22.0 Å². The summed E-state index contributed by atoms with van der Waals surface area (Å²) in [5, 5.41) is 9.18. The van der Waals surface area contributed by atoms with Gasteiger partial charge in [0.1, 0.15) is 6.04 Å². The van der Waals surface area contributed by atoms with Crippen LogP contribution in [0, 0.1) is 0 Å². The van der Waals surface area contributed by atoms with Gasteiger partial charge in [0, 0.05) is 6.54 Å². The molecule has 6 heteroatoms. The fourth-order valence-electron chi connectivity index (χ4n) is 2.86. The smallest absolute Gasteiger partial charge is 0.322 e. The lowest BCUT2D eigenvalue weighted by Gasteiger charge is -2.21. The van der Waals surface area contributed by atoms with Gasteiger partial charge in [-0.25, -0.2) is 8.42 Å². The van der Waals surface area contributed by atoms with Crippen molar-refractivity contribution in [3.05, 3.63) is 54.6 Å². The Morgan fingerprint density at radius 3 is 2.22 bits per heavy atom. The van der Waals surface area contributed by atoms with Gasteiger partial charge in [-0.05, 0) is 36.1 Å². The van der Waals surface area contributed by atoms with Crippen LogP contribution >= 0.6 is 0 Å². The van der Waals surface area contributed by atoms with Gasteiger partial charge in [0.05, 0.1) is 4.90 Å². The highest BCUT2D eigenvalue weighted by Crippen LogP contribution is 2.28. The minimum absolute atomic E-state index is 0.130. The molecule has 3 rings (SSSR count). The fraction of sp³-hybridized carbons (Fsp3) is 0.235. The molecule has 2 aromatic rings. The van der Waals surface area contributed by atoms with Crippen LogP contribution in [0.1, 0.15) is 12.8 Å². The fourth-order valence-corrected chi connectivity index (χ4v) is 4.51. The molecule has 0 amide bonds. The van der Waals surface area contributed by atoms with Crippen molar-refractivity contribution in [3.63, 3.8) is 0 Å². The molecule has 2 aromatic carbocycles. The predicted octanol–water partition coefficient (Wildman–Crippen LogP) is 2.59. The number of carboxylic acid groups (broad SMARTS) is 1. The second kappa shape index (κ2) is 6.14. The zero-order chi connectivity index (χ0) is 16.4. The van der Waals surface area contributed by atoms with Gasteiger partial charge in [-0.3, -0.25) is 4.79 Å². The monoisotopic (exact) mass is 331 g/mol. The van der Waals surface area contributed by atoms with E-state index >= 15 is 0 Å². The van der Waals surface area contributed by atoms with Crippen molar-refractivity contribution >= 4 is 16.0 Å². The highest BCUT2D eigenvalue weighted by molar-refractivity contribution is 7.89. The average molecular weight is 331 g/mol. The number of carbonyl (C=O) groups is 1. The molecule has 1 fully saturated rings. The number of hydrogen-bond acceptors (Lipinski definition) is 3. The molecule has 0 bridgehead atoms. The van der Waals surface area contributed by atoms with Gasteiger partial charge in [0.2, 0.25) is 10.0 Å². The first-order chi connectivity index (χ1) is 11.0. The Hall–Kier alpha value is -2.18. The summed E-state index contributed by atoms with van der Waals surface area (Å²) in [4.78, 5) is 11.4. The molecule has 0 radical (unpaired) electrons. The molecule has 0 unspecified atom stereocenters. The molecule has 1 N–H and O–H groups in total. The summed E-state index contributed by atoms with van der Waals surface area (Å²) in [5.41, 5.74) is 1.92. The zero-order valence-electron chi connectivity index (χ0n) is 12.4. The number of rotatable bonds is 4. The van der Waals surface area contributed by atoms with Crippen LogP contribution in [0.2, 0.25) is 0 Å². The molecule has 1 aliphatic rings. The summed E-state index contributed by atoms with van der Waals surface area (Å²) in [5.74, 6) is -1.09. The Bertz CT molecular complexity index is 800. The van der Waals surface area contributed by atoms with Gasteiger partial charge in [0.15, 0.2) is 0 Å². The van der Waals surface area contributed by atoms with Crippen molar-refractivity contribution in [2.24, 2.45) is 0 Å². The molecule has 1 aliphatic heterocycles. The van der Waals surface area contributed by atoms with E-state index in [9.17, 15) is 18.3 Å². The molecule has 1 saturated heterocycles. The molecule has 23 heavy (non-hydrogen) atoms. The summed E-state index contributed by atoms with van der Waals surface area (Å²) >= 11 is 0. The number of carboxylic acids is 1. The van der Waals surface area contributed by atoms with Gasteiger partial charge < -0.3 is 5.11 Å². The molecule has 1 heterocycles. The second-order valence-corrected chi connectivity index (χ2v) is 7.39. The minimum Gasteiger partial charge on any atom is -0.480 e. The molecule has 0 aromatic heterocycles. The highest BCUT2D eigenvalue weighted by atomic mass is 32.2. The van der Waals surface area contributed by atoms with Gasteiger partial charge >= 0.3 is 5.97 Å². The highest BCUT2D eigenvalue weighted by Gasteiger charge is 2.39. The molecule has 1 atom stereocenters. The molecule has 0 aliphatic carbocycles. The Morgan fingerprint density at radius 1 is 1.00 bits per heavy atom. The normalized spacial score (nSPS) is 18.9. The van der Waals surface area contributed by atoms with Crippen molar-refractivity contribution in [3.8, 4) is 11.1 Å². The lowest BCUT2D eigenvalue weighted by Crippen LogP contribution is -2.40. The minimum atomic E-state index is -3.78. The van der Waals surface area contributed by atoms with E-state index in [1.54, 1.807) is 12.1 Å². The SMILES string of the molecule is O=C(O)[C@H]1CCCN1S(=O)(=O)c1ccc(-c2ccccc2)cc1. The summed E-state index contributed by atoms with van der Waals surface area (Å²) in [6.07, 6.45) is 0.926. The quantitative estimate of drug-likeness (QED) is 0.934. The average Bonchev–Trinajstić information content (AvgIpc) is 3.07. The van der Waals surface area contributed by atoms with Crippen LogP contribution < -0.4 is 0 Å². The van der Waals surface area contributed by atoms with Crippen molar-refractivity contribution in [1.29, 1.82) is 0 Å². The van der Waals surface area contributed by atoms with Crippen LogP contribution in [0.3, 0.4) is 0 Å². The number of nitrogens with zero attached hydrogens (tertiary/aromatic N) is 1. The van der Waals surface area contributed by atoms with Gasteiger partial charge in [-0.15, -0.1) is 0 Å².